The Kier molecular flexibility index (Phi) is 5.73. The number of nitrogen functional groups attached to an aromatic ring is 1. The number of nitrogens with two attached hydrogens (primary N) is 1. The van der Waals surface area contributed by atoms with Crippen LogP contribution in [-0.4, -0.2) is 68.4 Å². The Balaban J connectivity index is 1.96. The highest BCUT2D eigenvalue weighted by atomic mass is 31.3. The van der Waals surface area contributed by atoms with Crippen LogP contribution in [0, 0.1) is 0 Å². The second kappa shape index (κ2) is 7.42. The monoisotopic (exact) mass is 485 g/mol. The number of nitrogens with zero attached hydrogens (tertiary/aromatic N) is 4. The van der Waals surface area contributed by atoms with Crippen molar-refractivity contribution in [2.75, 3.05) is 12.3 Å². The molecule has 0 aromatic carbocycles. The number of ether oxygens (including phenoxy) is 1. The van der Waals surface area contributed by atoms with E-state index in [-0.39, 0.29) is 17.1 Å². The van der Waals surface area contributed by atoms with E-state index >= 15 is 0 Å². The molecular formula is C13H21N5O11P2. The second-order valence-electron chi connectivity index (χ2n) is 7.19. The van der Waals surface area contributed by atoms with E-state index < -0.39 is 51.3 Å². The first-order valence-electron chi connectivity index (χ1n) is 8.53. The summed E-state index contributed by atoms with van der Waals surface area (Å²) < 4.78 is 38.5. The van der Waals surface area contributed by atoms with E-state index in [1.54, 1.807) is 0 Å². The first-order valence-corrected chi connectivity index (χ1v) is 11.6. The fraction of sp³-hybridized carbons (Fsp3) is 0.615. The summed E-state index contributed by atoms with van der Waals surface area (Å²) in [5.74, 6) is -0.156. The minimum atomic E-state index is -5.35. The molecule has 2 aromatic rings. The minimum Gasteiger partial charge on any atom is -0.387 e. The van der Waals surface area contributed by atoms with Gasteiger partial charge in [0.05, 0.1) is 12.9 Å². The summed E-state index contributed by atoms with van der Waals surface area (Å²) in [4.78, 5) is 47.1. The van der Waals surface area contributed by atoms with Gasteiger partial charge in [0.25, 0.3) is 5.56 Å². The maximum absolute atomic E-state index is 12.4. The van der Waals surface area contributed by atoms with Crippen molar-refractivity contribution in [1.29, 1.82) is 0 Å². The number of imidazole rings is 1. The van der Waals surface area contributed by atoms with Gasteiger partial charge in [0.2, 0.25) is 5.95 Å². The first-order chi connectivity index (χ1) is 14.0. The zero-order valence-electron chi connectivity index (χ0n) is 16.4. The number of hydrogen-bond acceptors (Lipinski definition) is 11. The molecule has 1 fully saturated rings. The molecule has 16 nitrogen and oxygen atoms in total. The average Bonchev–Trinajstić information content (AvgIpc) is 3.10. The number of rotatable bonds is 6. The Hall–Kier alpha value is -1.71. The summed E-state index contributed by atoms with van der Waals surface area (Å²) in [5, 5.41) is 21.5. The molecule has 0 saturated carbocycles. The molecule has 174 valence electrons. The van der Waals surface area contributed by atoms with Crippen molar-refractivity contribution < 1.29 is 47.6 Å². The molecule has 18 heteroatoms. The number of hydrogen-bond donors (Lipinski definition) is 6. The average molecular weight is 485 g/mol. The fourth-order valence-corrected chi connectivity index (χ4v) is 4.82. The van der Waals surface area contributed by atoms with Crippen LogP contribution >= 0.6 is 15.6 Å². The molecule has 2 aromatic heterocycles. The largest absolute Gasteiger partial charge is 0.481 e. The van der Waals surface area contributed by atoms with Crippen molar-refractivity contribution in [3.63, 3.8) is 0 Å². The van der Waals surface area contributed by atoms with Crippen LogP contribution in [0.3, 0.4) is 0 Å². The van der Waals surface area contributed by atoms with E-state index in [1.165, 1.54) is 20.9 Å². The van der Waals surface area contributed by atoms with Crippen LogP contribution in [0.15, 0.2) is 11.1 Å². The van der Waals surface area contributed by atoms with E-state index in [2.05, 4.69) is 18.8 Å². The number of fused-ring (bicyclic) bond motifs is 1. The highest BCUT2D eigenvalue weighted by Gasteiger charge is 2.62. The molecule has 31 heavy (non-hydrogen) atoms. The van der Waals surface area contributed by atoms with E-state index in [1.807, 2.05) is 0 Å². The van der Waals surface area contributed by atoms with E-state index in [4.69, 9.17) is 20.3 Å². The molecule has 7 N–H and O–H groups in total. The van der Waals surface area contributed by atoms with Crippen LogP contribution in [0.2, 0.25) is 0 Å². The number of aliphatic hydroxyl groups is 2. The summed E-state index contributed by atoms with van der Waals surface area (Å²) in [6.07, 6.45) is -2.06. The van der Waals surface area contributed by atoms with Gasteiger partial charge in [-0.05, 0) is 13.8 Å². The molecule has 1 unspecified atom stereocenters. The predicted molar refractivity (Wildman–Crippen MR) is 101 cm³/mol. The van der Waals surface area contributed by atoms with Crippen molar-refractivity contribution in [3.8, 4) is 0 Å². The maximum atomic E-state index is 12.4. The van der Waals surface area contributed by atoms with Crippen molar-refractivity contribution >= 4 is 32.8 Å². The molecule has 0 amide bonds. The van der Waals surface area contributed by atoms with Gasteiger partial charge >= 0.3 is 15.6 Å². The van der Waals surface area contributed by atoms with Gasteiger partial charge in [-0.1, -0.05) is 0 Å². The Labute approximate surface area is 173 Å². The van der Waals surface area contributed by atoms with Gasteiger partial charge in [-0.15, -0.1) is 0 Å². The number of phosphoric ester groups is 1. The van der Waals surface area contributed by atoms with Crippen LogP contribution in [0.4, 0.5) is 5.95 Å². The lowest BCUT2D eigenvalue weighted by atomic mass is 9.88. The lowest BCUT2D eigenvalue weighted by Gasteiger charge is -2.37. The summed E-state index contributed by atoms with van der Waals surface area (Å²) in [7, 11) is -9.19. The van der Waals surface area contributed by atoms with Gasteiger partial charge in [-0.2, -0.15) is 9.29 Å². The maximum Gasteiger partial charge on any atom is 0.481 e. The third-order valence-electron chi connectivity index (χ3n) is 5.13. The predicted octanol–water partition coefficient (Wildman–Crippen LogP) is -1.88. The molecular weight excluding hydrogens is 464 g/mol. The summed E-state index contributed by atoms with van der Waals surface area (Å²) in [6.45, 7) is 1.63. The fourth-order valence-electron chi connectivity index (χ4n) is 3.22. The normalized spacial score (nSPS) is 31.2. The van der Waals surface area contributed by atoms with Crippen LogP contribution in [-0.2, 0) is 35.5 Å². The molecule has 1 aliphatic rings. The van der Waals surface area contributed by atoms with Crippen LogP contribution in [0.25, 0.3) is 11.2 Å². The topological polar surface area (TPSA) is 242 Å². The van der Waals surface area contributed by atoms with Gasteiger partial charge in [0.15, 0.2) is 16.9 Å². The number of phosphoric acid groups is 2. The summed E-state index contributed by atoms with van der Waals surface area (Å²) in [6, 6.07) is 0. The van der Waals surface area contributed by atoms with Gasteiger partial charge < -0.3 is 35.4 Å². The second-order valence-corrected chi connectivity index (χ2v) is 10.0. The molecule has 3 rings (SSSR count). The minimum absolute atomic E-state index is 0.0604. The van der Waals surface area contributed by atoms with Crippen molar-refractivity contribution in [1.82, 2.24) is 19.1 Å². The number of anilines is 1. The SMILES string of the molecule is Cn1c(N)nc2c(ncn2[C@]2(C)O[C@H](COP(=O)(O)OP(=O)(O)O)[C@@H](O)[C@@]2(C)O)c1=O. The van der Waals surface area contributed by atoms with Crippen LogP contribution < -0.4 is 11.3 Å². The van der Waals surface area contributed by atoms with Gasteiger partial charge in [-0.3, -0.25) is 18.5 Å². The quantitative estimate of drug-likeness (QED) is 0.245. The van der Waals surface area contributed by atoms with Gasteiger partial charge in [0.1, 0.15) is 17.8 Å². The van der Waals surface area contributed by atoms with Gasteiger partial charge in [-0.25, -0.2) is 14.1 Å². The van der Waals surface area contributed by atoms with Crippen molar-refractivity contribution in [3.05, 3.63) is 16.7 Å². The molecule has 1 saturated heterocycles. The third-order valence-corrected chi connectivity index (χ3v) is 7.28. The molecule has 0 bridgehead atoms. The molecule has 3 heterocycles. The van der Waals surface area contributed by atoms with E-state index in [0.29, 0.717) is 0 Å². The zero-order chi connectivity index (χ0) is 23.6. The zero-order valence-corrected chi connectivity index (χ0v) is 18.2. The summed E-state index contributed by atoms with van der Waals surface area (Å²) in [5.41, 5.74) is 1.08. The van der Waals surface area contributed by atoms with E-state index in [9.17, 15) is 29.0 Å². The molecule has 0 aliphatic carbocycles. The highest BCUT2D eigenvalue weighted by Crippen LogP contribution is 2.58. The van der Waals surface area contributed by atoms with Crippen LogP contribution in [0.1, 0.15) is 13.8 Å². The molecule has 5 atom stereocenters. The number of aromatic nitrogens is 4. The van der Waals surface area contributed by atoms with E-state index in [0.717, 1.165) is 15.5 Å². The Morgan fingerprint density at radius 2 is 1.94 bits per heavy atom. The molecule has 0 spiro atoms. The first kappa shape index (κ1) is 23.9. The van der Waals surface area contributed by atoms with Gasteiger partial charge in [0, 0.05) is 7.05 Å². The Bertz CT molecular complexity index is 1170. The third kappa shape index (κ3) is 4.07. The lowest BCUT2D eigenvalue weighted by molar-refractivity contribution is -0.174. The Morgan fingerprint density at radius 3 is 2.52 bits per heavy atom. The van der Waals surface area contributed by atoms with Crippen molar-refractivity contribution in [2.45, 2.75) is 37.4 Å². The smallest absolute Gasteiger partial charge is 0.387 e. The molecule has 0 radical (unpaired) electrons. The Morgan fingerprint density at radius 1 is 1.32 bits per heavy atom. The van der Waals surface area contributed by atoms with Crippen molar-refractivity contribution in [2.24, 2.45) is 7.05 Å². The summed E-state index contributed by atoms with van der Waals surface area (Å²) >= 11 is 0. The molecule has 1 aliphatic heterocycles. The van der Waals surface area contributed by atoms with Crippen LogP contribution in [0.5, 0.6) is 0 Å². The highest BCUT2D eigenvalue weighted by molar-refractivity contribution is 7.60. The standard InChI is InChI=1S/C13H21N5O11P2/c1-12(21)8(19)6(4-27-31(25,26)29-30(22,23)24)28-13(12,2)18-5-15-7-9(18)16-11(14)17(3)10(7)20/h5-6,8,19,21H,4H2,1-3H3,(H2,14,16)(H,25,26)(H2,22,23,24)/t6-,8-,12-,13-/m1/s1. The number of aliphatic hydroxyl groups excluding tert-OH is 1. The lowest BCUT2D eigenvalue weighted by Crippen LogP contribution is -2.53.